The molecule has 15 heavy (non-hydrogen) atoms. The van der Waals surface area contributed by atoms with E-state index in [2.05, 4.69) is 0 Å². The lowest BCUT2D eigenvalue weighted by atomic mass is 10.0. The molecule has 1 aromatic rings. The molecule has 1 atom stereocenters. The van der Waals surface area contributed by atoms with Crippen LogP contribution in [-0.4, -0.2) is 14.2 Å². The quantitative estimate of drug-likeness (QED) is 0.749. The van der Waals surface area contributed by atoms with Gasteiger partial charge in [0, 0.05) is 0 Å². The van der Waals surface area contributed by atoms with Crippen molar-refractivity contribution < 1.29 is 16.7 Å². The van der Waals surface area contributed by atoms with Crippen LogP contribution in [0.3, 0.4) is 0 Å². The third kappa shape index (κ3) is 4.88. The molecule has 0 amide bonds. The van der Waals surface area contributed by atoms with Gasteiger partial charge in [0.05, 0.1) is 5.75 Å². The first kappa shape index (κ1) is 12.1. The van der Waals surface area contributed by atoms with Crippen LogP contribution in [0.15, 0.2) is 24.3 Å². The van der Waals surface area contributed by atoms with Crippen molar-refractivity contribution in [2.75, 3.05) is 5.75 Å². The topological polar surface area (TPSA) is 34.1 Å². The molecule has 84 valence electrons. The van der Waals surface area contributed by atoms with Crippen LogP contribution in [0.1, 0.15) is 12.5 Å². The summed E-state index contributed by atoms with van der Waals surface area (Å²) in [5.74, 6) is -1.15. The van der Waals surface area contributed by atoms with Gasteiger partial charge in [-0.25, -0.2) is 4.39 Å². The van der Waals surface area contributed by atoms with Gasteiger partial charge in [0.2, 0.25) is 0 Å². The predicted molar refractivity (Wildman–Crippen MR) is 54.2 cm³/mol. The molecule has 5 heteroatoms. The fourth-order valence-electron chi connectivity index (χ4n) is 1.42. The van der Waals surface area contributed by atoms with E-state index in [9.17, 15) is 16.7 Å². The Morgan fingerprint density at radius 1 is 1.27 bits per heavy atom. The molecular weight excluding hydrogens is 222 g/mol. The number of hydrogen-bond donors (Lipinski definition) is 0. The lowest BCUT2D eigenvalue weighted by Crippen LogP contribution is -2.11. The van der Waals surface area contributed by atoms with Crippen LogP contribution in [-0.2, 0) is 16.6 Å². The van der Waals surface area contributed by atoms with E-state index in [0.717, 1.165) is 5.56 Å². The van der Waals surface area contributed by atoms with Crippen LogP contribution in [0, 0.1) is 11.7 Å². The highest BCUT2D eigenvalue weighted by molar-refractivity contribution is 7.86. The van der Waals surface area contributed by atoms with Crippen molar-refractivity contribution in [2.24, 2.45) is 5.92 Å². The maximum Gasteiger partial charge on any atom is 0.302 e. The third-order valence-electron chi connectivity index (χ3n) is 1.98. The zero-order valence-corrected chi connectivity index (χ0v) is 9.10. The minimum absolute atomic E-state index is 0.314. The second-order valence-corrected chi connectivity index (χ2v) is 5.05. The fourth-order valence-corrected chi connectivity index (χ4v) is 2.22. The molecule has 0 spiro atoms. The Hall–Kier alpha value is -0.970. The highest BCUT2D eigenvalue weighted by Gasteiger charge is 2.14. The molecule has 2 nitrogen and oxygen atoms in total. The van der Waals surface area contributed by atoms with E-state index in [1.807, 2.05) is 0 Å². The van der Waals surface area contributed by atoms with E-state index >= 15 is 0 Å². The molecule has 0 radical (unpaired) electrons. The van der Waals surface area contributed by atoms with E-state index in [-0.39, 0.29) is 11.7 Å². The summed E-state index contributed by atoms with van der Waals surface area (Å²) in [6.07, 6.45) is 0.420. The van der Waals surface area contributed by atoms with Crippen molar-refractivity contribution in [3.8, 4) is 0 Å². The van der Waals surface area contributed by atoms with Crippen molar-refractivity contribution in [1.82, 2.24) is 0 Å². The summed E-state index contributed by atoms with van der Waals surface area (Å²) >= 11 is 0. The highest BCUT2D eigenvalue weighted by Crippen LogP contribution is 2.12. The normalized spacial score (nSPS) is 13.8. The average molecular weight is 234 g/mol. The van der Waals surface area contributed by atoms with Crippen molar-refractivity contribution in [1.29, 1.82) is 0 Å². The smallest absolute Gasteiger partial charge is 0.207 e. The second-order valence-electron chi connectivity index (χ2n) is 3.64. The van der Waals surface area contributed by atoms with Gasteiger partial charge in [0.1, 0.15) is 5.82 Å². The zero-order chi connectivity index (χ0) is 11.5. The lowest BCUT2D eigenvalue weighted by molar-refractivity contribution is 0.530. The molecule has 0 aromatic heterocycles. The Labute approximate surface area is 88.1 Å². The van der Waals surface area contributed by atoms with Gasteiger partial charge in [0.25, 0.3) is 0 Å². The first-order valence-electron chi connectivity index (χ1n) is 4.53. The minimum atomic E-state index is -4.43. The second kappa shape index (κ2) is 4.70. The van der Waals surface area contributed by atoms with Crippen LogP contribution in [0.4, 0.5) is 8.28 Å². The number of halogens is 2. The van der Waals surface area contributed by atoms with Gasteiger partial charge in [0.15, 0.2) is 0 Å². The summed E-state index contributed by atoms with van der Waals surface area (Å²) in [4.78, 5) is 0. The van der Waals surface area contributed by atoms with Gasteiger partial charge >= 0.3 is 10.2 Å². The van der Waals surface area contributed by atoms with E-state index in [1.54, 1.807) is 19.1 Å². The van der Waals surface area contributed by atoms with Gasteiger partial charge in [-0.15, -0.1) is 3.89 Å². The molecule has 1 aromatic carbocycles. The van der Waals surface area contributed by atoms with Gasteiger partial charge in [-0.2, -0.15) is 8.42 Å². The minimum Gasteiger partial charge on any atom is -0.207 e. The van der Waals surface area contributed by atoms with Crippen LogP contribution < -0.4 is 0 Å². The molecule has 0 aliphatic heterocycles. The Kier molecular flexibility index (Phi) is 3.79. The van der Waals surface area contributed by atoms with Gasteiger partial charge in [-0.05, 0) is 30.0 Å². The van der Waals surface area contributed by atoms with Gasteiger partial charge in [-0.3, -0.25) is 0 Å². The Morgan fingerprint density at radius 3 is 2.27 bits per heavy atom. The maximum atomic E-state index is 12.5. The van der Waals surface area contributed by atoms with E-state index in [1.165, 1.54) is 12.1 Å². The molecule has 1 rings (SSSR count). The van der Waals surface area contributed by atoms with Crippen LogP contribution in [0.25, 0.3) is 0 Å². The summed E-state index contributed by atoms with van der Waals surface area (Å²) in [6, 6.07) is 5.73. The third-order valence-corrected chi connectivity index (χ3v) is 2.95. The van der Waals surface area contributed by atoms with E-state index in [4.69, 9.17) is 0 Å². The first-order valence-corrected chi connectivity index (χ1v) is 6.09. The number of hydrogen-bond acceptors (Lipinski definition) is 2. The fraction of sp³-hybridized carbons (Fsp3) is 0.400. The van der Waals surface area contributed by atoms with Crippen molar-refractivity contribution in [2.45, 2.75) is 13.3 Å². The summed E-state index contributed by atoms with van der Waals surface area (Å²) in [7, 11) is -4.43. The lowest BCUT2D eigenvalue weighted by Gasteiger charge is -2.08. The molecule has 0 saturated heterocycles. The first-order chi connectivity index (χ1) is 6.87. The van der Waals surface area contributed by atoms with Gasteiger partial charge < -0.3 is 0 Å². The summed E-state index contributed by atoms with van der Waals surface area (Å²) in [6.45, 7) is 1.64. The standard InChI is InChI=1S/C10H12F2O2S/c1-8(7-15(12,13)14)6-9-2-4-10(11)5-3-9/h2-5,8H,6-7H2,1H3. The van der Waals surface area contributed by atoms with E-state index in [0.29, 0.717) is 6.42 Å². The molecular formula is C10H12F2O2S. The van der Waals surface area contributed by atoms with Crippen molar-refractivity contribution in [3.05, 3.63) is 35.6 Å². The molecule has 0 N–H and O–H groups in total. The zero-order valence-electron chi connectivity index (χ0n) is 8.28. The summed E-state index contributed by atoms with van der Waals surface area (Å²) in [5.41, 5.74) is 0.799. The summed E-state index contributed by atoms with van der Waals surface area (Å²) in [5, 5.41) is 0. The van der Waals surface area contributed by atoms with Crippen molar-refractivity contribution in [3.63, 3.8) is 0 Å². The Balaban J connectivity index is 2.59. The van der Waals surface area contributed by atoms with E-state index < -0.39 is 16.0 Å². The van der Waals surface area contributed by atoms with Crippen LogP contribution in [0.2, 0.25) is 0 Å². The molecule has 0 aliphatic rings. The average Bonchev–Trinajstić information content (AvgIpc) is 2.05. The Bertz CT molecular complexity index is 412. The molecule has 0 heterocycles. The monoisotopic (exact) mass is 234 g/mol. The molecule has 1 unspecified atom stereocenters. The number of rotatable bonds is 4. The number of benzene rings is 1. The predicted octanol–water partition coefficient (Wildman–Crippen LogP) is 2.30. The Morgan fingerprint density at radius 2 is 1.80 bits per heavy atom. The molecule has 0 aliphatic carbocycles. The highest BCUT2D eigenvalue weighted by atomic mass is 32.3. The SMILES string of the molecule is CC(Cc1ccc(F)cc1)CS(=O)(=O)F. The maximum absolute atomic E-state index is 12.5. The van der Waals surface area contributed by atoms with Crippen LogP contribution >= 0.6 is 0 Å². The molecule has 0 bridgehead atoms. The van der Waals surface area contributed by atoms with Crippen molar-refractivity contribution >= 4 is 10.2 Å². The largest absolute Gasteiger partial charge is 0.302 e. The molecule has 0 saturated carbocycles. The van der Waals surface area contributed by atoms with Gasteiger partial charge in [-0.1, -0.05) is 19.1 Å². The molecule has 0 fully saturated rings. The summed E-state index contributed by atoms with van der Waals surface area (Å²) < 4.78 is 45.6. The van der Waals surface area contributed by atoms with Crippen LogP contribution in [0.5, 0.6) is 0 Å².